The molecule has 2 rings (SSSR count). The fourth-order valence-corrected chi connectivity index (χ4v) is 2.52. The van der Waals surface area contributed by atoms with Crippen LogP contribution in [0.2, 0.25) is 10.0 Å². The van der Waals surface area contributed by atoms with E-state index in [1.807, 2.05) is 25.1 Å². The van der Waals surface area contributed by atoms with E-state index in [1.165, 1.54) is 0 Å². The first-order chi connectivity index (χ1) is 10.1. The Balaban J connectivity index is 2.29. The van der Waals surface area contributed by atoms with Crippen LogP contribution in [-0.2, 0) is 0 Å². The molecule has 3 nitrogen and oxygen atoms in total. The number of hydrogen-bond acceptors (Lipinski definition) is 3. The minimum Gasteiger partial charge on any atom is -0.495 e. The number of nitrogens with one attached hydrogen (secondary N) is 1. The summed E-state index contributed by atoms with van der Waals surface area (Å²) in [7, 11) is 1.57. The van der Waals surface area contributed by atoms with Crippen LogP contribution in [0.25, 0.3) is 0 Å². The smallest absolute Gasteiger partial charge is 0.143 e. The van der Waals surface area contributed by atoms with Crippen LogP contribution in [-0.4, -0.2) is 7.11 Å². The van der Waals surface area contributed by atoms with Gasteiger partial charge in [-0.1, -0.05) is 35.3 Å². The van der Waals surface area contributed by atoms with Crippen molar-refractivity contribution in [1.29, 1.82) is 5.26 Å². The number of halogens is 2. The van der Waals surface area contributed by atoms with Gasteiger partial charge in [-0.25, -0.2) is 0 Å². The number of hydrogen-bond donors (Lipinski definition) is 1. The van der Waals surface area contributed by atoms with Gasteiger partial charge in [0.05, 0.1) is 40.5 Å². The molecule has 0 aliphatic rings. The number of benzene rings is 2. The predicted octanol–water partition coefficient (Wildman–Crippen LogP) is 5.05. The first-order valence-corrected chi connectivity index (χ1v) is 7.11. The highest BCUT2D eigenvalue weighted by molar-refractivity contribution is 6.42. The molecule has 2 aromatic rings. The molecule has 1 atom stereocenters. The van der Waals surface area contributed by atoms with E-state index in [0.717, 1.165) is 11.3 Å². The normalized spacial score (nSPS) is 11.6. The Morgan fingerprint density at radius 3 is 2.67 bits per heavy atom. The highest BCUT2D eigenvalue weighted by Crippen LogP contribution is 2.34. The molecule has 0 fully saturated rings. The molecule has 0 aromatic heterocycles. The van der Waals surface area contributed by atoms with Gasteiger partial charge in [-0.05, 0) is 30.7 Å². The summed E-state index contributed by atoms with van der Waals surface area (Å²) in [6.45, 7) is 1.98. The second-order valence-corrected chi connectivity index (χ2v) is 5.32. The van der Waals surface area contributed by atoms with E-state index < -0.39 is 0 Å². The summed E-state index contributed by atoms with van der Waals surface area (Å²) in [4.78, 5) is 0. The third kappa shape index (κ3) is 3.41. The number of methoxy groups -OCH3 is 1. The molecule has 1 N–H and O–H groups in total. The van der Waals surface area contributed by atoms with E-state index in [0.29, 0.717) is 21.4 Å². The van der Waals surface area contributed by atoms with Crippen molar-refractivity contribution in [2.45, 2.75) is 13.0 Å². The minimum absolute atomic E-state index is 0.0574. The van der Waals surface area contributed by atoms with Crippen LogP contribution in [0.3, 0.4) is 0 Å². The first kappa shape index (κ1) is 15.5. The van der Waals surface area contributed by atoms with E-state index >= 15 is 0 Å². The average Bonchev–Trinajstić information content (AvgIpc) is 2.50. The summed E-state index contributed by atoms with van der Waals surface area (Å²) in [5.74, 6) is 0.610. The van der Waals surface area contributed by atoms with Crippen molar-refractivity contribution in [1.82, 2.24) is 0 Å². The molecule has 0 heterocycles. The standard InChI is InChI=1S/C16H14Cl2N2O/c1-10(12-4-3-5-13(17)16(12)18)20-14-7-6-11(9-19)8-15(14)21-2/h3-8,10,20H,1-2H3. The van der Waals surface area contributed by atoms with Gasteiger partial charge >= 0.3 is 0 Å². The summed E-state index contributed by atoms with van der Waals surface area (Å²) in [6.07, 6.45) is 0. The summed E-state index contributed by atoms with van der Waals surface area (Å²) in [6, 6.07) is 12.8. The highest BCUT2D eigenvalue weighted by Gasteiger charge is 2.14. The Morgan fingerprint density at radius 2 is 2.00 bits per heavy atom. The molecule has 2 aromatic carbocycles. The van der Waals surface area contributed by atoms with Crippen LogP contribution < -0.4 is 10.1 Å². The lowest BCUT2D eigenvalue weighted by molar-refractivity contribution is 0.416. The molecule has 21 heavy (non-hydrogen) atoms. The third-order valence-corrected chi connectivity index (χ3v) is 3.98. The lowest BCUT2D eigenvalue weighted by Crippen LogP contribution is -2.08. The maximum absolute atomic E-state index is 8.92. The first-order valence-electron chi connectivity index (χ1n) is 6.35. The molecule has 0 amide bonds. The van der Waals surface area contributed by atoms with Gasteiger partial charge in [0.1, 0.15) is 5.75 Å². The molecule has 0 radical (unpaired) electrons. The lowest BCUT2D eigenvalue weighted by atomic mass is 10.1. The van der Waals surface area contributed by atoms with Gasteiger partial charge in [-0.3, -0.25) is 0 Å². The largest absolute Gasteiger partial charge is 0.495 e. The Bertz CT molecular complexity index is 695. The maximum Gasteiger partial charge on any atom is 0.143 e. The van der Waals surface area contributed by atoms with Crippen molar-refractivity contribution >= 4 is 28.9 Å². The zero-order valence-corrected chi connectivity index (χ0v) is 13.2. The van der Waals surface area contributed by atoms with Crippen LogP contribution >= 0.6 is 23.2 Å². The Hall–Kier alpha value is -1.89. The van der Waals surface area contributed by atoms with E-state index in [-0.39, 0.29) is 6.04 Å². The van der Waals surface area contributed by atoms with Crippen molar-refractivity contribution < 1.29 is 4.74 Å². The van der Waals surface area contributed by atoms with Crippen molar-refractivity contribution in [2.24, 2.45) is 0 Å². The fourth-order valence-electron chi connectivity index (χ4n) is 2.05. The van der Waals surface area contributed by atoms with Crippen LogP contribution in [0, 0.1) is 11.3 Å². The Morgan fingerprint density at radius 1 is 1.24 bits per heavy atom. The molecule has 1 unspecified atom stereocenters. The van der Waals surface area contributed by atoms with Gasteiger partial charge in [-0.15, -0.1) is 0 Å². The second-order valence-electron chi connectivity index (χ2n) is 4.54. The summed E-state index contributed by atoms with van der Waals surface area (Å²) in [5.41, 5.74) is 2.24. The van der Waals surface area contributed by atoms with Gasteiger partial charge in [0.25, 0.3) is 0 Å². The zero-order valence-electron chi connectivity index (χ0n) is 11.7. The average molecular weight is 321 g/mol. The SMILES string of the molecule is COc1cc(C#N)ccc1NC(C)c1cccc(Cl)c1Cl. The Labute approximate surface area is 134 Å². The second kappa shape index (κ2) is 6.71. The number of nitriles is 1. The number of rotatable bonds is 4. The van der Waals surface area contributed by atoms with E-state index in [4.69, 9.17) is 33.2 Å². The molecule has 0 bridgehead atoms. The molecule has 0 aliphatic heterocycles. The number of anilines is 1. The monoisotopic (exact) mass is 320 g/mol. The number of nitrogens with zero attached hydrogens (tertiary/aromatic N) is 1. The van der Waals surface area contributed by atoms with Gasteiger partial charge in [0.2, 0.25) is 0 Å². The van der Waals surface area contributed by atoms with Gasteiger partial charge < -0.3 is 10.1 Å². The molecule has 0 saturated heterocycles. The van der Waals surface area contributed by atoms with Gasteiger partial charge in [0.15, 0.2) is 0 Å². The summed E-state index contributed by atoms with van der Waals surface area (Å²) in [5, 5.41) is 13.3. The zero-order chi connectivity index (χ0) is 15.4. The van der Waals surface area contributed by atoms with Crippen LogP contribution in [0.4, 0.5) is 5.69 Å². The quantitative estimate of drug-likeness (QED) is 0.857. The lowest BCUT2D eigenvalue weighted by Gasteiger charge is -2.19. The summed E-state index contributed by atoms with van der Waals surface area (Å²) < 4.78 is 5.31. The molecule has 5 heteroatoms. The van der Waals surface area contributed by atoms with E-state index in [2.05, 4.69) is 11.4 Å². The van der Waals surface area contributed by atoms with Gasteiger partial charge in [0, 0.05) is 6.07 Å². The van der Waals surface area contributed by atoms with E-state index in [1.54, 1.807) is 25.3 Å². The van der Waals surface area contributed by atoms with Crippen LogP contribution in [0.5, 0.6) is 5.75 Å². The van der Waals surface area contributed by atoms with E-state index in [9.17, 15) is 0 Å². The highest BCUT2D eigenvalue weighted by atomic mass is 35.5. The van der Waals surface area contributed by atoms with Gasteiger partial charge in [-0.2, -0.15) is 5.26 Å². The molecular weight excluding hydrogens is 307 g/mol. The summed E-state index contributed by atoms with van der Waals surface area (Å²) >= 11 is 12.3. The predicted molar refractivity (Wildman–Crippen MR) is 86.2 cm³/mol. The third-order valence-electron chi connectivity index (χ3n) is 3.15. The molecule has 0 aliphatic carbocycles. The van der Waals surface area contributed by atoms with Crippen LogP contribution in [0.15, 0.2) is 36.4 Å². The van der Waals surface area contributed by atoms with Crippen molar-refractivity contribution in [3.05, 3.63) is 57.6 Å². The molecule has 0 spiro atoms. The number of ether oxygens (including phenoxy) is 1. The minimum atomic E-state index is -0.0574. The van der Waals surface area contributed by atoms with Crippen LogP contribution in [0.1, 0.15) is 24.1 Å². The molecule has 108 valence electrons. The maximum atomic E-state index is 8.92. The van der Waals surface area contributed by atoms with Crippen molar-refractivity contribution in [3.8, 4) is 11.8 Å². The fraction of sp³-hybridized carbons (Fsp3) is 0.188. The van der Waals surface area contributed by atoms with Crippen molar-refractivity contribution in [3.63, 3.8) is 0 Å². The molecule has 0 saturated carbocycles. The Kier molecular flexibility index (Phi) is 4.95. The van der Waals surface area contributed by atoms with Crippen molar-refractivity contribution in [2.75, 3.05) is 12.4 Å². The topological polar surface area (TPSA) is 45.0 Å². The molecular formula is C16H14Cl2N2O.